The normalized spacial score (nSPS) is 10.7. The molecule has 3 heteroatoms. The predicted octanol–water partition coefficient (Wildman–Crippen LogP) is 4.61. The van der Waals surface area contributed by atoms with Crippen molar-refractivity contribution in [3.8, 4) is 11.5 Å². The van der Waals surface area contributed by atoms with E-state index in [1.807, 2.05) is 42.8 Å². The van der Waals surface area contributed by atoms with Crippen LogP contribution in [0, 0.1) is 6.92 Å². The van der Waals surface area contributed by atoms with Crippen molar-refractivity contribution < 1.29 is 4.74 Å². The molecule has 0 amide bonds. The summed E-state index contributed by atoms with van der Waals surface area (Å²) < 4.78 is 7.71. The largest absolute Gasteiger partial charge is 0.452 e. The number of hydrogen-bond donors (Lipinski definition) is 0. The molecular weight excluding hydrogens is 274 g/mol. The Bertz CT molecular complexity index is 656. The summed E-state index contributed by atoms with van der Waals surface area (Å²) in [6.07, 6.45) is 7.55. The quantitative estimate of drug-likeness (QED) is 0.699. The lowest BCUT2D eigenvalue weighted by molar-refractivity contribution is 0.470. The summed E-state index contributed by atoms with van der Waals surface area (Å²) in [6, 6.07) is 9.42. The van der Waals surface area contributed by atoms with Crippen molar-refractivity contribution in [3.63, 3.8) is 0 Å². The Kier molecular flexibility index (Phi) is 5.82. The van der Waals surface area contributed by atoms with Crippen LogP contribution in [0.15, 0.2) is 41.3 Å². The molecule has 0 unspecified atom stereocenters. The van der Waals surface area contributed by atoms with Crippen LogP contribution in [-0.2, 0) is 13.5 Å². The van der Waals surface area contributed by atoms with Crippen molar-refractivity contribution in [3.05, 3.63) is 58.0 Å². The molecule has 0 bridgehead atoms. The molecule has 118 valence electrons. The van der Waals surface area contributed by atoms with Gasteiger partial charge in [0.1, 0.15) is 5.75 Å². The van der Waals surface area contributed by atoms with Crippen molar-refractivity contribution in [2.24, 2.45) is 7.05 Å². The van der Waals surface area contributed by atoms with E-state index in [0.717, 1.165) is 18.5 Å². The second-order valence-corrected chi connectivity index (χ2v) is 5.83. The van der Waals surface area contributed by atoms with Gasteiger partial charge in [-0.3, -0.25) is 4.79 Å². The van der Waals surface area contributed by atoms with E-state index in [2.05, 4.69) is 6.92 Å². The van der Waals surface area contributed by atoms with E-state index < -0.39 is 0 Å². The maximum absolute atomic E-state index is 12.2. The van der Waals surface area contributed by atoms with Gasteiger partial charge < -0.3 is 9.30 Å². The smallest absolute Gasteiger partial charge is 0.224 e. The fourth-order valence-corrected chi connectivity index (χ4v) is 2.44. The molecule has 1 heterocycles. The molecule has 0 N–H and O–H groups in total. The van der Waals surface area contributed by atoms with Gasteiger partial charge in [0, 0.05) is 18.8 Å². The third-order valence-corrected chi connectivity index (χ3v) is 3.84. The minimum atomic E-state index is -0.0517. The summed E-state index contributed by atoms with van der Waals surface area (Å²) in [5, 5.41) is 0. The number of nitrogens with zero attached hydrogens (tertiary/aromatic N) is 1. The van der Waals surface area contributed by atoms with Gasteiger partial charge in [0.2, 0.25) is 5.43 Å². The van der Waals surface area contributed by atoms with Crippen LogP contribution in [0.4, 0.5) is 0 Å². The number of aryl methyl sites for hydroxylation is 3. The molecule has 2 aromatic rings. The van der Waals surface area contributed by atoms with E-state index in [1.165, 1.54) is 24.8 Å². The van der Waals surface area contributed by atoms with E-state index in [0.29, 0.717) is 11.5 Å². The summed E-state index contributed by atoms with van der Waals surface area (Å²) in [5.41, 5.74) is 2.18. The second kappa shape index (κ2) is 7.83. The Hall–Kier alpha value is -2.03. The lowest BCUT2D eigenvalue weighted by Gasteiger charge is -2.11. The van der Waals surface area contributed by atoms with E-state index in [9.17, 15) is 4.79 Å². The zero-order valence-corrected chi connectivity index (χ0v) is 13.8. The fraction of sp³-hybridized carbons (Fsp3) is 0.421. The van der Waals surface area contributed by atoms with E-state index in [1.54, 1.807) is 12.3 Å². The van der Waals surface area contributed by atoms with Crippen LogP contribution in [0.1, 0.15) is 43.9 Å². The Morgan fingerprint density at radius 3 is 2.50 bits per heavy atom. The van der Waals surface area contributed by atoms with Gasteiger partial charge >= 0.3 is 0 Å². The van der Waals surface area contributed by atoms with Crippen molar-refractivity contribution in [2.45, 2.75) is 46.0 Å². The SMILES string of the molecule is CCCCCCc1cc(=O)c(Oc2ccc(C)cc2)cn1C. The lowest BCUT2D eigenvalue weighted by atomic mass is 10.1. The first-order valence-corrected chi connectivity index (χ1v) is 8.04. The number of benzene rings is 1. The van der Waals surface area contributed by atoms with Crippen LogP contribution < -0.4 is 10.2 Å². The van der Waals surface area contributed by atoms with Crippen molar-refractivity contribution in [1.29, 1.82) is 0 Å². The monoisotopic (exact) mass is 299 g/mol. The summed E-state index contributed by atoms with van der Waals surface area (Å²) in [6.45, 7) is 4.23. The molecule has 1 aromatic heterocycles. The molecule has 0 spiro atoms. The lowest BCUT2D eigenvalue weighted by Crippen LogP contribution is -2.12. The van der Waals surface area contributed by atoms with Crippen LogP contribution in [0.2, 0.25) is 0 Å². The number of hydrogen-bond acceptors (Lipinski definition) is 2. The molecule has 3 nitrogen and oxygen atoms in total. The number of rotatable bonds is 7. The van der Waals surface area contributed by atoms with Crippen LogP contribution in [0.25, 0.3) is 0 Å². The van der Waals surface area contributed by atoms with E-state index in [4.69, 9.17) is 4.74 Å². The number of ether oxygens (including phenoxy) is 1. The Labute approximate surface area is 132 Å². The van der Waals surface area contributed by atoms with Gasteiger partial charge in [-0.25, -0.2) is 0 Å². The highest BCUT2D eigenvalue weighted by molar-refractivity contribution is 5.32. The predicted molar refractivity (Wildman–Crippen MR) is 90.8 cm³/mol. The van der Waals surface area contributed by atoms with E-state index >= 15 is 0 Å². The van der Waals surface area contributed by atoms with Gasteiger partial charge in [-0.2, -0.15) is 0 Å². The van der Waals surface area contributed by atoms with Gasteiger partial charge in [0.15, 0.2) is 5.75 Å². The van der Waals surface area contributed by atoms with Crippen molar-refractivity contribution in [2.75, 3.05) is 0 Å². The van der Waals surface area contributed by atoms with Crippen LogP contribution >= 0.6 is 0 Å². The molecule has 0 radical (unpaired) electrons. The molecule has 0 fully saturated rings. The number of aromatic nitrogens is 1. The molecule has 2 rings (SSSR count). The summed E-state index contributed by atoms with van der Waals surface area (Å²) in [5.74, 6) is 1.07. The maximum atomic E-state index is 12.2. The molecule has 0 aliphatic rings. The zero-order chi connectivity index (χ0) is 15.9. The summed E-state index contributed by atoms with van der Waals surface area (Å²) >= 11 is 0. The third-order valence-electron chi connectivity index (χ3n) is 3.84. The van der Waals surface area contributed by atoms with Crippen LogP contribution in [-0.4, -0.2) is 4.57 Å². The molecule has 0 aliphatic carbocycles. The topological polar surface area (TPSA) is 31.2 Å². The average Bonchev–Trinajstić information content (AvgIpc) is 2.50. The van der Waals surface area contributed by atoms with Crippen LogP contribution in [0.5, 0.6) is 11.5 Å². The highest BCUT2D eigenvalue weighted by atomic mass is 16.5. The highest BCUT2D eigenvalue weighted by Gasteiger charge is 2.07. The maximum Gasteiger partial charge on any atom is 0.224 e. The van der Waals surface area contributed by atoms with Crippen molar-refractivity contribution in [1.82, 2.24) is 4.57 Å². The second-order valence-electron chi connectivity index (χ2n) is 5.83. The number of unbranched alkanes of at least 4 members (excludes halogenated alkanes) is 3. The Balaban J connectivity index is 2.09. The van der Waals surface area contributed by atoms with Crippen molar-refractivity contribution >= 4 is 0 Å². The third kappa shape index (κ3) is 4.48. The van der Waals surface area contributed by atoms with Gasteiger partial charge in [-0.1, -0.05) is 43.9 Å². The first-order valence-electron chi connectivity index (χ1n) is 8.04. The Morgan fingerprint density at radius 2 is 1.82 bits per heavy atom. The van der Waals surface area contributed by atoms with Crippen LogP contribution in [0.3, 0.4) is 0 Å². The highest BCUT2D eigenvalue weighted by Crippen LogP contribution is 2.19. The first-order chi connectivity index (χ1) is 10.6. The van der Waals surface area contributed by atoms with Gasteiger partial charge in [0.25, 0.3) is 0 Å². The summed E-state index contributed by atoms with van der Waals surface area (Å²) in [4.78, 5) is 12.2. The number of pyridine rings is 1. The fourth-order valence-electron chi connectivity index (χ4n) is 2.44. The molecular formula is C19H25NO2. The minimum absolute atomic E-state index is 0.0517. The summed E-state index contributed by atoms with van der Waals surface area (Å²) in [7, 11) is 1.97. The van der Waals surface area contributed by atoms with Gasteiger partial charge in [-0.05, 0) is 31.9 Å². The average molecular weight is 299 g/mol. The molecule has 0 saturated carbocycles. The van der Waals surface area contributed by atoms with Gasteiger partial charge in [-0.15, -0.1) is 0 Å². The minimum Gasteiger partial charge on any atom is -0.452 e. The molecule has 1 aromatic carbocycles. The zero-order valence-electron chi connectivity index (χ0n) is 13.8. The standard InChI is InChI=1S/C19H25NO2/c1-4-5-6-7-8-16-13-18(21)19(14-20(16)3)22-17-11-9-15(2)10-12-17/h9-14H,4-8H2,1-3H3. The molecule has 0 saturated heterocycles. The molecule has 0 atom stereocenters. The first kappa shape index (κ1) is 16.3. The Morgan fingerprint density at radius 1 is 1.09 bits per heavy atom. The molecule has 22 heavy (non-hydrogen) atoms. The van der Waals surface area contributed by atoms with Gasteiger partial charge in [0.05, 0.1) is 6.20 Å². The molecule has 0 aliphatic heterocycles. The van der Waals surface area contributed by atoms with E-state index in [-0.39, 0.29) is 5.43 Å².